The Morgan fingerprint density at radius 3 is 2.34 bits per heavy atom. The monoisotopic (exact) mass is 438 g/mol. The Hall–Kier alpha value is -1.95. The highest BCUT2D eigenvalue weighted by atomic mass is 32.2. The molecule has 29 heavy (non-hydrogen) atoms. The molecule has 0 N–H and O–H groups in total. The van der Waals surface area contributed by atoms with Crippen LogP contribution in [0.25, 0.3) is 0 Å². The van der Waals surface area contributed by atoms with Crippen LogP contribution in [0.15, 0.2) is 59.5 Å². The zero-order chi connectivity index (χ0) is 21.3. The normalized spacial score (nSPS) is 13.6. The third-order valence-corrected chi connectivity index (χ3v) is 7.33. The molecule has 0 radical (unpaired) electrons. The largest absolute Gasteiger partial charge is 0.466 e. The van der Waals surface area contributed by atoms with Crippen LogP contribution in [0.3, 0.4) is 0 Å². The van der Waals surface area contributed by atoms with Crippen LogP contribution in [-0.4, -0.2) is 33.5 Å². The van der Waals surface area contributed by atoms with Crippen LogP contribution >= 0.6 is 7.80 Å². The second kappa shape index (κ2) is 11.3. The van der Waals surface area contributed by atoms with Crippen molar-refractivity contribution in [3.8, 4) is 0 Å². The smallest absolute Gasteiger partial charge is 0.305 e. The molecular formula is C21H27O6PS. The topological polar surface area (TPSA) is 86.7 Å². The van der Waals surface area contributed by atoms with E-state index in [-0.39, 0.29) is 35.7 Å². The van der Waals surface area contributed by atoms with Gasteiger partial charge in [0.15, 0.2) is 0 Å². The minimum atomic E-state index is -3.95. The fourth-order valence-corrected chi connectivity index (χ4v) is 5.75. The first kappa shape index (κ1) is 23.3. The highest BCUT2D eigenvalue weighted by Gasteiger charge is 2.20. The third kappa shape index (κ3) is 7.77. The van der Waals surface area contributed by atoms with Crippen molar-refractivity contribution in [3.05, 3.63) is 65.7 Å². The molecule has 0 heterocycles. The molecule has 0 bridgehead atoms. The Labute approximate surface area is 173 Å². The summed E-state index contributed by atoms with van der Waals surface area (Å²) in [6.45, 7) is 3.92. The number of benzene rings is 2. The van der Waals surface area contributed by atoms with Gasteiger partial charge in [-0.15, -0.1) is 0 Å². The minimum absolute atomic E-state index is 0.0415. The van der Waals surface area contributed by atoms with Crippen molar-refractivity contribution in [1.82, 2.24) is 0 Å². The van der Waals surface area contributed by atoms with Gasteiger partial charge in [0.1, 0.15) is 14.1 Å². The van der Waals surface area contributed by atoms with Crippen LogP contribution in [0, 0.1) is 6.92 Å². The second-order valence-electron chi connectivity index (χ2n) is 6.72. The van der Waals surface area contributed by atoms with E-state index in [0.717, 1.165) is 11.1 Å². The van der Waals surface area contributed by atoms with Crippen molar-refractivity contribution in [2.45, 2.75) is 37.5 Å². The van der Waals surface area contributed by atoms with E-state index in [4.69, 9.17) is 8.92 Å². The Bertz CT molecular complexity index is 910. The Balaban J connectivity index is 1.99. The highest BCUT2D eigenvalue weighted by molar-refractivity contribution is 7.87. The molecule has 2 unspecified atom stereocenters. The molecule has 0 amide bonds. The average molecular weight is 438 g/mol. The van der Waals surface area contributed by atoms with E-state index in [1.54, 1.807) is 19.1 Å². The molecule has 0 aliphatic heterocycles. The lowest BCUT2D eigenvalue weighted by atomic mass is 9.96. The van der Waals surface area contributed by atoms with Crippen molar-refractivity contribution in [3.63, 3.8) is 0 Å². The van der Waals surface area contributed by atoms with E-state index >= 15 is 0 Å². The molecule has 8 heteroatoms. The van der Waals surface area contributed by atoms with Gasteiger partial charge in [0, 0.05) is 12.6 Å². The van der Waals surface area contributed by atoms with Gasteiger partial charge in [-0.05, 0) is 43.9 Å². The maximum absolute atomic E-state index is 12.6. The third-order valence-electron chi connectivity index (χ3n) is 4.43. The van der Waals surface area contributed by atoms with Gasteiger partial charge >= 0.3 is 5.97 Å². The lowest BCUT2D eigenvalue weighted by Gasteiger charge is -2.17. The van der Waals surface area contributed by atoms with Gasteiger partial charge < -0.3 is 9.30 Å². The van der Waals surface area contributed by atoms with E-state index in [9.17, 15) is 17.8 Å². The quantitative estimate of drug-likeness (QED) is 0.295. The van der Waals surface area contributed by atoms with Gasteiger partial charge in [-0.25, -0.2) is 0 Å². The number of carbonyl (C=O) groups is 1. The fourth-order valence-electron chi connectivity index (χ4n) is 2.89. The Morgan fingerprint density at radius 2 is 1.72 bits per heavy atom. The van der Waals surface area contributed by atoms with Crippen LogP contribution in [0.1, 0.15) is 36.8 Å². The number of hydrogen-bond donors (Lipinski definition) is 0. The summed E-state index contributed by atoms with van der Waals surface area (Å²) >= 11 is 0. The number of ether oxygens (including phenoxy) is 1. The molecular weight excluding hydrogens is 411 g/mol. The molecule has 0 fully saturated rings. The first-order valence-corrected chi connectivity index (χ1v) is 12.7. The highest BCUT2D eigenvalue weighted by Crippen LogP contribution is 2.34. The van der Waals surface area contributed by atoms with Crippen LogP contribution in [0.5, 0.6) is 0 Å². The van der Waals surface area contributed by atoms with Crippen molar-refractivity contribution in [2.24, 2.45) is 0 Å². The maximum Gasteiger partial charge on any atom is 0.305 e. The van der Waals surface area contributed by atoms with E-state index in [1.165, 1.54) is 12.1 Å². The number of esters is 1. The molecule has 2 aromatic rings. The van der Waals surface area contributed by atoms with Gasteiger partial charge in [-0.1, -0.05) is 48.0 Å². The number of aryl methyl sites for hydroxylation is 1. The molecule has 2 aromatic carbocycles. The average Bonchev–Trinajstić information content (AvgIpc) is 2.71. The SMILES string of the molecule is CCOC(=O)CCC(C[PH](=O)COS(=O)(=O)c1ccc(C)cc1)c1ccccc1. The van der Waals surface area contributed by atoms with Gasteiger partial charge in [0.05, 0.1) is 11.5 Å². The molecule has 0 aliphatic rings. The first-order chi connectivity index (χ1) is 13.8. The predicted molar refractivity (Wildman–Crippen MR) is 113 cm³/mol. The molecule has 0 spiro atoms. The van der Waals surface area contributed by atoms with Crippen LogP contribution in [-0.2, 0) is 28.4 Å². The van der Waals surface area contributed by atoms with Crippen molar-refractivity contribution in [1.29, 1.82) is 0 Å². The zero-order valence-electron chi connectivity index (χ0n) is 16.7. The molecule has 158 valence electrons. The molecule has 0 aliphatic carbocycles. The summed E-state index contributed by atoms with van der Waals surface area (Å²) in [5.74, 6) is -0.441. The van der Waals surface area contributed by atoms with E-state index in [1.807, 2.05) is 37.3 Å². The minimum Gasteiger partial charge on any atom is -0.466 e. The fraction of sp³-hybridized carbons (Fsp3) is 0.381. The predicted octanol–water partition coefficient (Wildman–Crippen LogP) is 4.34. The van der Waals surface area contributed by atoms with Crippen molar-refractivity contribution >= 4 is 23.9 Å². The molecule has 2 atom stereocenters. The summed E-state index contributed by atoms with van der Waals surface area (Å²) < 4.78 is 47.2. The summed E-state index contributed by atoms with van der Waals surface area (Å²) in [4.78, 5) is 11.7. The molecule has 0 saturated heterocycles. The summed E-state index contributed by atoms with van der Waals surface area (Å²) in [5, 5.41) is 0. The van der Waals surface area contributed by atoms with E-state index < -0.39 is 17.9 Å². The number of carbonyl (C=O) groups excluding carboxylic acids is 1. The van der Waals surface area contributed by atoms with Crippen LogP contribution in [0.2, 0.25) is 0 Å². The van der Waals surface area contributed by atoms with Gasteiger partial charge in [-0.2, -0.15) is 8.42 Å². The van der Waals surface area contributed by atoms with Gasteiger partial charge in [0.25, 0.3) is 10.1 Å². The first-order valence-electron chi connectivity index (χ1n) is 9.50. The molecule has 0 saturated carbocycles. The number of hydrogen-bond acceptors (Lipinski definition) is 6. The molecule has 0 aromatic heterocycles. The molecule has 6 nitrogen and oxygen atoms in total. The summed E-state index contributed by atoms with van der Waals surface area (Å²) in [5.41, 5.74) is 1.89. The van der Waals surface area contributed by atoms with Crippen molar-refractivity contribution < 1.29 is 26.7 Å². The second-order valence-corrected chi connectivity index (χ2v) is 10.1. The van der Waals surface area contributed by atoms with Gasteiger partial charge in [-0.3, -0.25) is 8.98 Å². The standard InChI is InChI=1S/C21H27O6PS/c1-3-26-21(22)14-11-19(18-7-5-4-6-8-18)15-28(23)16-27-29(24,25)20-12-9-17(2)10-13-20/h4-10,12-13,19,28H,3,11,14-16H2,1-2H3. The molecule has 2 rings (SSSR count). The zero-order valence-corrected chi connectivity index (χ0v) is 18.5. The van der Waals surface area contributed by atoms with Gasteiger partial charge in [0.2, 0.25) is 0 Å². The lowest BCUT2D eigenvalue weighted by molar-refractivity contribution is -0.143. The van der Waals surface area contributed by atoms with Crippen LogP contribution < -0.4 is 0 Å². The Morgan fingerprint density at radius 1 is 1.07 bits per heavy atom. The van der Waals surface area contributed by atoms with Crippen LogP contribution in [0.4, 0.5) is 0 Å². The summed E-state index contributed by atoms with van der Waals surface area (Å²) in [6.07, 6.45) is 0.593. The lowest BCUT2D eigenvalue weighted by Crippen LogP contribution is -2.11. The van der Waals surface area contributed by atoms with Crippen molar-refractivity contribution in [2.75, 3.05) is 19.1 Å². The van der Waals surface area contributed by atoms with E-state index in [0.29, 0.717) is 13.0 Å². The number of rotatable bonds is 11. The summed E-state index contributed by atoms with van der Waals surface area (Å²) in [6, 6.07) is 15.8. The summed E-state index contributed by atoms with van der Waals surface area (Å²) in [7, 11) is -6.30. The maximum atomic E-state index is 12.6. The Kier molecular flexibility index (Phi) is 9.08. The van der Waals surface area contributed by atoms with E-state index in [2.05, 4.69) is 0 Å².